The average Bonchev–Trinajstić information content (AvgIpc) is 3.14. The van der Waals surface area contributed by atoms with E-state index in [2.05, 4.69) is 6.08 Å². The molecule has 2 N–H and O–H groups in total. The Hall–Kier alpha value is -2.87. The van der Waals surface area contributed by atoms with Crippen LogP contribution in [0, 0.1) is 13.8 Å². The van der Waals surface area contributed by atoms with E-state index < -0.39 is 0 Å². The summed E-state index contributed by atoms with van der Waals surface area (Å²) in [6.07, 6.45) is 4.35. The number of hydrogen-bond acceptors (Lipinski definition) is 7. The number of benzene rings is 1. The number of methoxy groups -OCH3 is 1. The van der Waals surface area contributed by atoms with E-state index >= 15 is 0 Å². The number of nitrogens with zero attached hydrogens (tertiary/aromatic N) is 1. The fraction of sp³-hybridized carbons (Fsp3) is 0.318. The van der Waals surface area contributed by atoms with Crippen LogP contribution in [-0.4, -0.2) is 24.1 Å². The SMILES string of the molecule is COc1oc([C@H]2C/C(=C/C(C)=C/c3ccc(N(O)O)cc3)CO2)c(C)c(=O)c1C. The van der Waals surface area contributed by atoms with Gasteiger partial charge in [-0.2, -0.15) is 0 Å². The van der Waals surface area contributed by atoms with E-state index in [0.29, 0.717) is 29.9 Å². The first kappa shape index (κ1) is 20.9. The van der Waals surface area contributed by atoms with Gasteiger partial charge < -0.3 is 13.9 Å². The summed E-state index contributed by atoms with van der Waals surface area (Å²) in [5.41, 5.74) is 4.26. The van der Waals surface area contributed by atoms with E-state index in [1.807, 2.05) is 13.0 Å². The maximum atomic E-state index is 12.4. The zero-order valence-corrected chi connectivity index (χ0v) is 16.9. The van der Waals surface area contributed by atoms with Gasteiger partial charge in [-0.15, -0.1) is 5.23 Å². The fourth-order valence-corrected chi connectivity index (χ4v) is 3.40. The van der Waals surface area contributed by atoms with Gasteiger partial charge in [0, 0.05) is 12.0 Å². The highest BCUT2D eigenvalue weighted by Crippen LogP contribution is 2.35. The summed E-state index contributed by atoms with van der Waals surface area (Å²) in [5.74, 6) is 0.733. The van der Waals surface area contributed by atoms with Crippen LogP contribution in [0.1, 0.15) is 41.9 Å². The molecular weight excluding hydrogens is 374 g/mol. The number of anilines is 1. The molecule has 154 valence electrons. The third kappa shape index (κ3) is 4.59. The molecule has 1 aliphatic rings. The highest BCUT2D eigenvalue weighted by Gasteiger charge is 2.28. The molecule has 1 saturated heterocycles. The predicted octanol–water partition coefficient (Wildman–Crippen LogP) is 4.34. The quantitative estimate of drug-likeness (QED) is 0.723. The molecule has 0 unspecified atom stereocenters. The van der Waals surface area contributed by atoms with Crippen molar-refractivity contribution in [1.82, 2.24) is 0 Å². The first-order valence-corrected chi connectivity index (χ1v) is 9.25. The molecule has 29 heavy (non-hydrogen) atoms. The molecule has 3 rings (SSSR count). The minimum absolute atomic E-state index is 0.0821. The van der Waals surface area contributed by atoms with Crippen LogP contribution < -0.4 is 15.4 Å². The van der Waals surface area contributed by atoms with E-state index in [4.69, 9.17) is 24.3 Å². The van der Waals surface area contributed by atoms with Crippen LogP contribution in [0.2, 0.25) is 0 Å². The summed E-state index contributed by atoms with van der Waals surface area (Å²) < 4.78 is 16.9. The van der Waals surface area contributed by atoms with E-state index in [1.165, 1.54) is 7.11 Å². The topological polar surface area (TPSA) is 92.4 Å². The van der Waals surface area contributed by atoms with Crippen molar-refractivity contribution < 1.29 is 24.3 Å². The van der Waals surface area contributed by atoms with Crippen LogP contribution in [0.4, 0.5) is 5.69 Å². The Labute approximate surface area is 169 Å². The highest BCUT2D eigenvalue weighted by molar-refractivity contribution is 5.58. The lowest BCUT2D eigenvalue weighted by Crippen LogP contribution is -2.15. The minimum Gasteiger partial charge on any atom is -0.468 e. The first-order chi connectivity index (χ1) is 13.8. The zero-order chi connectivity index (χ0) is 21.1. The van der Waals surface area contributed by atoms with Crippen molar-refractivity contribution in [3.05, 3.63) is 74.2 Å². The van der Waals surface area contributed by atoms with Crippen molar-refractivity contribution in [3.63, 3.8) is 0 Å². The van der Waals surface area contributed by atoms with Gasteiger partial charge in [-0.05, 0) is 44.0 Å². The van der Waals surface area contributed by atoms with Gasteiger partial charge in [0.1, 0.15) is 11.9 Å². The number of allylic oxidation sites excluding steroid dienone is 2. The number of ether oxygens (including phenoxy) is 2. The van der Waals surface area contributed by atoms with E-state index in [1.54, 1.807) is 38.1 Å². The molecule has 2 heterocycles. The molecule has 2 aromatic rings. The van der Waals surface area contributed by atoms with Crippen LogP contribution in [0.15, 0.2) is 50.7 Å². The Bertz CT molecular complexity index is 1000. The Morgan fingerprint density at radius 1 is 1.21 bits per heavy atom. The molecule has 1 atom stereocenters. The summed E-state index contributed by atoms with van der Waals surface area (Å²) in [4.78, 5) is 12.4. The molecule has 0 saturated carbocycles. The number of hydrogen-bond donors (Lipinski definition) is 2. The third-order valence-electron chi connectivity index (χ3n) is 4.91. The van der Waals surface area contributed by atoms with Crippen LogP contribution in [-0.2, 0) is 4.74 Å². The summed E-state index contributed by atoms with van der Waals surface area (Å²) in [6, 6.07) is 6.80. The van der Waals surface area contributed by atoms with E-state index in [9.17, 15) is 4.79 Å². The van der Waals surface area contributed by atoms with Crippen LogP contribution in [0.25, 0.3) is 6.08 Å². The molecule has 1 fully saturated rings. The summed E-state index contributed by atoms with van der Waals surface area (Å²) in [7, 11) is 1.48. The van der Waals surface area contributed by atoms with Crippen molar-refractivity contribution in [2.45, 2.75) is 33.3 Å². The van der Waals surface area contributed by atoms with Crippen molar-refractivity contribution in [2.24, 2.45) is 0 Å². The molecule has 0 bridgehead atoms. The lowest BCUT2D eigenvalue weighted by atomic mass is 10.0. The number of rotatable bonds is 5. The molecule has 7 heteroatoms. The monoisotopic (exact) mass is 399 g/mol. The summed E-state index contributed by atoms with van der Waals surface area (Å²) in [6.45, 7) is 5.87. The van der Waals surface area contributed by atoms with Crippen molar-refractivity contribution in [3.8, 4) is 5.95 Å². The molecule has 1 aliphatic heterocycles. The summed E-state index contributed by atoms with van der Waals surface area (Å²) in [5, 5.41) is 18.1. The fourth-order valence-electron chi connectivity index (χ4n) is 3.40. The molecular formula is C22H25NO6. The second kappa shape index (κ2) is 8.65. The second-order valence-electron chi connectivity index (χ2n) is 7.11. The highest BCUT2D eigenvalue weighted by atomic mass is 16.8. The molecule has 1 aromatic heterocycles. The largest absolute Gasteiger partial charge is 0.468 e. The molecule has 1 aromatic carbocycles. The molecule has 0 aliphatic carbocycles. The van der Waals surface area contributed by atoms with Crippen LogP contribution in [0.3, 0.4) is 0 Å². The maximum Gasteiger partial charge on any atom is 0.291 e. The van der Waals surface area contributed by atoms with Gasteiger partial charge in [0.15, 0.2) is 5.43 Å². The normalized spacial score (nSPS) is 18.3. The average molecular weight is 399 g/mol. The van der Waals surface area contributed by atoms with E-state index in [0.717, 1.165) is 16.7 Å². The van der Waals surface area contributed by atoms with Crippen molar-refractivity contribution in [2.75, 3.05) is 18.9 Å². The van der Waals surface area contributed by atoms with Gasteiger partial charge in [-0.25, -0.2) is 0 Å². The second-order valence-corrected chi connectivity index (χ2v) is 7.11. The molecule has 0 amide bonds. The van der Waals surface area contributed by atoms with Gasteiger partial charge in [0.05, 0.1) is 25.0 Å². The van der Waals surface area contributed by atoms with Crippen molar-refractivity contribution in [1.29, 1.82) is 0 Å². The minimum atomic E-state index is -0.323. The maximum absolute atomic E-state index is 12.4. The summed E-state index contributed by atoms with van der Waals surface area (Å²) >= 11 is 0. The van der Waals surface area contributed by atoms with Gasteiger partial charge in [-0.3, -0.25) is 15.2 Å². The molecule has 0 radical (unpaired) electrons. The molecule has 7 nitrogen and oxygen atoms in total. The Kier molecular flexibility index (Phi) is 6.22. The van der Waals surface area contributed by atoms with Crippen molar-refractivity contribution >= 4 is 11.8 Å². The van der Waals surface area contributed by atoms with E-state index in [-0.39, 0.29) is 28.4 Å². The lowest BCUT2D eigenvalue weighted by Gasteiger charge is -2.13. The predicted molar refractivity (Wildman–Crippen MR) is 109 cm³/mol. The standard InChI is InChI=1S/C22H25NO6/c1-13(9-16-5-7-18(8-6-16)23(25)26)10-17-11-19(28-12-17)21-14(2)20(24)15(3)22(27-4)29-21/h5-10,19,25-26H,11-12H2,1-4H3/b13-9+,17-10-/t19-/m1/s1. The van der Waals surface area contributed by atoms with Gasteiger partial charge >= 0.3 is 0 Å². The lowest BCUT2D eigenvalue weighted by molar-refractivity contribution is 0.0291. The smallest absolute Gasteiger partial charge is 0.291 e. The van der Waals surface area contributed by atoms with Gasteiger partial charge in [0.25, 0.3) is 5.95 Å². The Morgan fingerprint density at radius 3 is 2.52 bits per heavy atom. The third-order valence-corrected chi connectivity index (χ3v) is 4.91. The molecule has 0 spiro atoms. The van der Waals surface area contributed by atoms with Crippen LogP contribution in [0.5, 0.6) is 5.95 Å². The van der Waals surface area contributed by atoms with Gasteiger partial charge in [0.2, 0.25) is 0 Å². The zero-order valence-electron chi connectivity index (χ0n) is 16.9. The van der Waals surface area contributed by atoms with Crippen LogP contribution >= 0.6 is 0 Å². The Balaban J connectivity index is 1.77. The first-order valence-electron chi connectivity index (χ1n) is 9.25. The Morgan fingerprint density at radius 2 is 1.90 bits per heavy atom. The van der Waals surface area contributed by atoms with Gasteiger partial charge in [-0.1, -0.05) is 29.9 Å².